The zero-order valence-corrected chi connectivity index (χ0v) is 17.4. The maximum absolute atomic E-state index is 12.8. The highest BCUT2D eigenvalue weighted by atomic mass is 19.4. The van der Waals surface area contributed by atoms with Crippen molar-refractivity contribution >= 4 is 5.57 Å². The van der Waals surface area contributed by atoms with Crippen LogP contribution in [0.1, 0.15) is 36.3 Å². The Morgan fingerprint density at radius 2 is 1.58 bits per heavy atom. The van der Waals surface area contributed by atoms with Gasteiger partial charge < -0.3 is 20.1 Å². The van der Waals surface area contributed by atoms with Crippen molar-refractivity contribution in [2.24, 2.45) is 0 Å². The van der Waals surface area contributed by atoms with Crippen LogP contribution < -0.4 is 4.74 Å². The van der Waals surface area contributed by atoms with Crippen molar-refractivity contribution in [3.05, 3.63) is 83.4 Å². The predicted molar refractivity (Wildman–Crippen MR) is 109 cm³/mol. The molecule has 0 radical (unpaired) electrons. The highest BCUT2D eigenvalue weighted by molar-refractivity contribution is 5.68. The molecule has 33 heavy (non-hydrogen) atoms. The summed E-state index contributed by atoms with van der Waals surface area (Å²) >= 11 is 0. The molecule has 0 atom stereocenters. The van der Waals surface area contributed by atoms with Gasteiger partial charge in [0.2, 0.25) is 0 Å². The Kier molecular flexibility index (Phi) is 8.34. The third kappa shape index (κ3) is 6.59. The number of aliphatic hydroxyl groups is 3. The summed E-state index contributed by atoms with van der Waals surface area (Å²) in [6.45, 7) is 1.81. The standard InChI is InChI=1S/C23H22F6O4/c1-2-16(6-4-12-21(32,22(24,25)26)23(27,28)29)18-5-3-7-19(13-18)33-14-15-8-10-17(11-9-15)20(30)31/h3-13,20,30-32H,2,14H2,1H3. The number of rotatable bonds is 8. The molecule has 0 amide bonds. The Bertz CT molecular complexity index is 962. The molecule has 0 spiro atoms. The summed E-state index contributed by atoms with van der Waals surface area (Å²) in [6, 6.07) is 12.8. The highest BCUT2D eigenvalue weighted by Crippen LogP contribution is 2.44. The molecule has 0 aliphatic rings. The molecule has 0 aliphatic heterocycles. The second-order valence-corrected chi connectivity index (χ2v) is 7.10. The molecule has 2 aromatic rings. The molecule has 2 rings (SSSR count). The summed E-state index contributed by atoms with van der Waals surface area (Å²) < 4.78 is 82.4. The van der Waals surface area contributed by atoms with E-state index < -0.39 is 24.2 Å². The Morgan fingerprint density at radius 1 is 0.970 bits per heavy atom. The molecule has 0 bridgehead atoms. The molecule has 0 fully saturated rings. The van der Waals surface area contributed by atoms with Gasteiger partial charge in [-0.25, -0.2) is 0 Å². The maximum Gasteiger partial charge on any atom is 0.430 e. The van der Waals surface area contributed by atoms with Crippen molar-refractivity contribution in [2.45, 2.75) is 44.2 Å². The first-order chi connectivity index (χ1) is 15.3. The van der Waals surface area contributed by atoms with Gasteiger partial charge in [0.1, 0.15) is 12.4 Å². The van der Waals surface area contributed by atoms with Gasteiger partial charge in [0.05, 0.1) is 0 Å². The number of halogens is 6. The van der Waals surface area contributed by atoms with Gasteiger partial charge in [0.15, 0.2) is 6.29 Å². The summed E-state index contributed by atoms with van der Waals surface area (Å²) in [6.07, 6.45) is -11.9. The number of hydrogen-bond donors (Lipinski definition) is 3. The highest BCUT2D eigenvalue weighted by Gasteiger charge is 2.68. The smallest absolute Gasteiger partial charge is 0.430 e. The van der Waals surface area contributed by atoms with Crippen LogP contribution in [0.25, 0.3) is 5.57 Å². The number of aliphatic hydroxyl groups excluding tert-OH is 1. The third-order valence-electron chi connectivity index (χ3n) is 4.77. The van der Waals surface area contributed by atoms with Crippen LogP contribution in [0.3, 0.4) is 0 Å². The second-order valence-electron chi connectivity index (χ2n) is 7.10. The average Bonchev–Trinajstić information content (AvgIpc) is 2.74. The average molecular weight is 476 g/mol. The zero-order chi connectivity index (χ0) is 24.9. The Morgan fingerprint density at radius 3 is 2.09 bits per heavy atom. The molecule has 10 heteroatoms. The largest absolute Gasteiger partial charge is 0.489 e. The van der Waals surface area contributed by atoms with Gasteiger partial charge in [-0.3, -0.25) is 0 Å². The Labute approximate surface area is 186 Å². The summed E-state index contributed by atoms with van der Waals surface area (Å²) in [5.41, 5.74) is -2.97. The summed E-state index contributed by atoms with van der Waals surface area (Å²) in [4.78, 5) is 0. The van der Waals surface area contributed by atoms with Crippen LogP contribution in [0.15, 0.2) is 66.8 Å². The van der Waals surface area contributed by atoms with Crippen LogP contribution in [0.5, 0.6) is 5.75 Å². The SMILES string of the molecule is CCC(=CC=CC(O)(C(F)(F)F)C(F)(F)F)c1cccc(OCc2ccc(C(O)O)cc2)c1. The molecule has 0 saturated heterocycles. The molecule has 0 aromatic heterocycles. The fourth-order valence-corrected chi connectivity index (χ4v) is 2.81. The minimum absolute atomic E-state index is 0.139. The summed E-state index contributed by atoms with van der Waals surface area (Å²) in [5, 5.41) is 27.4. The van der Waals surface area contributed by atoms with Crippen LogP contribution >= 0.6 is 0 Å². The molecule has 180 valence electrons. The first-order valence-corrected chi connectivity index (χ1v) is 9.71. The van der Waals surface area contributed by atoms with Crippen LogP contribution in [0, 0.1) is 0 Å². The quantitative estimate of drug-likeness (QED) is 0.269. The molecule has 4 nitrogen and oxygen atoms in total. The van der Waals surface area contributed by atoms with Crippen molar-refractivity contribution in [3.63, 3.8) is 0 Å². The fraction of sp³-hybridized carbons (Fsp3) is 0.304. The molecule has 0 heterocycles. The molecule has 0 unspecified atom stereocenters. The first kappa shape index (κ1) is 26.4. The van der Waals surface area contributed by atoms with Crippen molar-refractivity contribution in [2.75, 3.05) is 0 Å². The van der Waals surface area contributed by atoms with Crippen LogP contribution in [-0.2, 0) is 6.61 Å². The molecular formula is C23H22F6O4. The van der Waals surface area contributed by atoms with Crippen molar-refractivity contribution in [1.29, 1.82) is 0 Å². The van der Waals surface area contributed by atoms with E-state index in [1.165, 1.54) is 12.1 Å². The van der Waals surface area contributed by atoms with Crippen LogP contribution in [0.2, 0.25) is 0 Å². The molecular weight excluding hydrogens is 454 g/mol. The Hall–Kier alpha value is -2.82. The van der Waals surface area contributed by atoms with Gasteiger partial charge in [0.25, 0.3) is 5.60 Å². The van der Waals surface area contributed by atoms with E-state index in [9.17, 15) is 31.4 Å². The van der Waals surface area contributed by atoms with E-state index in [0.29, 0.717) is 28.5 Å². The van der Waals surface area contributed by atoms with Gasteiger partial charge in [0, 0.05) is 5.56 Å². The lowest BCUT2D eigenvalue weighted by atomic mass is 9.99. The molecule has 0 saturated carbocycles. The fourth-order valence-electron chi connectivity index (χ4n) is 2.81. The van der Waals surface area contributed by atoms with Crippen LogP contribution in [-0.4, -0.2) is 33.3 Å². The molecule has 2 aromatic carbocycles. The van der Waals surface area contributed by atoms with Gasteiger partial charge in [-0.15, -0.1) is 0 Å². The van der Waals surface area contributed by atoms with Crippen molar-refractivity contribution < 1.29 is 46.4 Å². The van der Waals surface area contributed by atoms with Crippen molar-refractivity contribution in [3.8, 4) is 5.75 Å². The van der Waals surface area contributed by atoms with E-state index in [1.807, 2.05) is 0 Å². The van der Waals surface area contributed by atoms with E-state index in [2.05, 4.69) is 0 Å². The monoisotopic (exact) mass is 476 g/mol. The van der Waals surface area contributed by atoms with E-state index in [4.69, 9.17) is 14.9 Å². The number of hydrogen-bond acceptors (Lipinski definition) is 4. The predicted octanol–water partition coefficient (Wildman–Crippen LogP) is 5.45. The second kappa shape index (κ2) is 10.4. The normalized spacial score (nSPS) is 13.7. The van der Waals surface area contributed by atoms with Gasteiger partial charge in [-0.05, 0) is 41.3 Å². The lowest BCUT2D eigenvalue weighted by molar-refractivity contribution is -0.347. The number of alkyl halides is 6. The summed E-state index contributed by atoms with van der Waals surface area (Å²) in [5.74, 6) is 0.407. The van der Waals surface area contributed by atoms with E-state index >= 15 is 0 Å². The summed E-state index contributed by atoms with van der Waals surface area (Å²) in [7, 11) is 0. The van der Waals surface area contributed by atoms with Crippen molar-refractivity contribution in [1.82, 2.24) is 0 Å². The number of benzene rings is 2. The minimum Gasteiger partial charge on any atom is -0.489 e. The third-order valence-corrected chi connectivity index (χ3v) is 4.77. The first-order valence-electron chi connectivity index (χ1n) is 9.71. The minimum atomic E-state index is -5.93. The topological polar surface area (TPSA) is 69.9 Å². The van der Waals surface area contributed by atoms with Gasteiger partial charge in [-0.1, -0.05) is 55.5 Å². The Balaban J connectivity index is 2.19. The van der Waals surface area contributed by atoms with Gasteiger partial charge >= 0.3 is 12.4 Å². The van der Waals surface area contributed by atoms with E-state index in [1.54, 1.807) is 43.3 Å². The lowest BCUT2D eigenvalue weighted by Crippen LogP contribution is -2.55. The number of ether oxygens (including phenoxy) is 1. The lowest BCUT2D eigenvalue weighted by Gasteiger charge is -2.29. The molecule has 0 aliphatic carbocycles. The van der Waals surface area contributed by atoms with E-state index in [0.717, 1.165) is 11.6 Å². The van der Waals surface area contributed by atoms with Gasteiger partial charge in [-0.2, -0.15) is 26.3 Å². The molecule has 3 N–H and O–H groups in total. The van der Waals surface area contributed by atoms with Crippen LogP contribution in [0.4, 0.5) is 26.3 Å². The van der Waals surface area contributed by atoms with E-state index in [-0.39, 0.29) is 19.1 Å². The maximum atomic E-state index is 12.8. The zero-order valence-electron chi connectivity index (χ0n) is 17.4. The number of allylic oxidation sites excluding steroid dienone is 3.